The summed E-state index contributed by atoms with van der Waals surface area (Å²) in [4.78, 5) is 16.8. The second-order valence-corrected chi connectivity index (χ2v) is 8.15. The Morgan fingerprint density at radius 2 is 2.17 bits per heavy atom. The molecule has 0 atom stereocenters. The quantitative estimate of drug-likeness (QED) is 0.715. The SMILES string of the molecule is CCS(=O)(=O)c1ccc2oc(=O)c(C=C(O)c3cccs3)nc2c1. The van der Waals surface area contributed by atoms with E-state index in [1.807, 2.05) is 0 Å². The van der Waals surface area contributed by atoms with Crippen molar-refractivity contribution in [2.75, 3.05) is 5.75 Å². The molecule has 0 amide bonds. The van der Waals surface area contributed by atoms with Crippen molar-refractivity contribution in [3.63, 3.8) is 0 Å². The number of sulfone groups is 1. The molecule has 0 spiro atoms. The normalized spacial score (nSPS) is 12.6. The third-order valence-corrected chi connectivity index (χ3v) is 5.99. The van der Waals surface area contributed by atoms with Crippen molar-refractivity contribution < 1.29 is 17.9 Å². The molecule has 1 aromatic carbocycles. The predicted molar refractivity (Wildman–Crippen MR) is 92.8 cm³/mol. The Bertz CT molecular complexity index is 1080. The van der Waals surface area contributed by atoms with Gasteiger partial charge in [0.2, 0.25) is 0 Å². The summed E-state index contributed by atoms with van der Waals surface area (Å²) in [7, 11) is -3.39. The maximum absolute atomic E-state index is 12.0. The Labute approximate surface area is 141 Å². The average molecular weight is 363 g/mol. The van der Waals surface area contributed by atoms with E-state index >= 15 is 0 Å². The Balaban J connectivity index is 2.14. The predicted octanol–water partition coefficient (Wildman–Crippen LogP) is 3.10. The van der Waals surface area contributed by atoms with Gasteiger partial charge in [-0.25, -0.2) is 18.2 Å². The summed E-state index contributed by atoms with van der Waals surface area (Å²) in [6.45, 7) is 1.55. The van der Waals surface area contributed by atoms with Crippen molar-refractivity contribution in [2.45, 2.75) is 11.8 Å². The molecule has 3 rings (SSSR count). The number of aliphatic hydroxyl groups is 1. The van der Waals surface area contributed by atoms with Crippen molar-refractivity contribution >= 4 is 44.1 Å². The van der Waals surface area contributed by atoms with Crippen molar-refractivity contribution in [1.29, 1.82) is 0 Å². The van der Waals surface area contributed by atoms with Crippen LogP contribution in [0, 0.1) is 0 Å². The minimum absolute atomic E-state index is 0.0405. The van der Waals surface area contributed by atoms with Crippen LogP contribution in [0.1, 0.15) is 17.5 Å². The van der Waals surface area contributed by atoms with Gasteiger partial charge in [-0.05, 0) is 29.6 Å². The highest BCUT2D eigenvalue weighted by molar-refractivity contribution is 7.91. The molecule has 0 bridgehead atoms. The fraction of sp³-hybridized carbons (Fsp3) is 0.125. The van der Waals surface area contributed by atoms with Gasteiger partial charge in [0.15, 0.2) is 21.1 Å². The summed E-state index contributed by atoms with van der Waals surface area (Å²) in [5.74, 6) is -0.150. The highest BCUT2D eigenvalue weighted by Crippen LogP contribution is 2.21. The van der Waals surface area contributed by atoms with E-state index in [0.717, 1.165) is 0 Å². The number of fused-ring (bicyclic) bond motifs is 1. The van der Waals surface area contributed by atoms with E-state index in [0.29, 0.717) is 4.88 Å². The van der Waals surface area contributed by atoms with Crippen molar-refractivity contribution in [3.05, 3.63) is 56.7 Å². The number of nitrogens with zero attached hydrogens (tertiary/aromatic N) is 1. The Morgan fingerprint density at radius 1 is 1.38 bits per heavy atom. The number of hydrogen-bond acceptors (Lipinski definition) is 7. The Morgan fingerprint density at radius 3 is 2.83 bits per heavy atom. The first-order valence-electron chi connectivity index (χ1n) is 7.03. The molecule has 8 heteroatoms. The Hall–Kier alpha value is -2.45. The maximum atomic E-state index is 12.0. The molecule has 124 valence electrons. The van der Waals surface area contributed by atoms with Gasteiger partial charge in [0.05, 0.1) is 15.5 Å². The summed E-state index contributed by atoms with van der Waals surface area (Å²) in [6, 6.07) is 7.60. The lowest BCUT2D eigenvalue weighted by Crippen LogP contribution is -2.08. The number of hydrogen-bond donors (Lipinski definition) is 1. The summed E-state index contributed by atoms with van der Waals surface area (Å²) < 4.78 is 29.1. The third kappa shape index (κ3) is 3.10. The van der Waals surface area contributed by atoms with E-state index < -0.39 is 15.5 Å². The number of thiophene rings is 1. The zero-order valence-corrected chi connectivity index (χ0v) is 14.2. The Kier molecular flexibility index (Phi) is 4.25. The zero-order valence-electron chi connectivity index (χ0n) is 12.6. The topological polar surface area (TPSA) is 97.5 Å². The third-order valence-electron chi connectivity index (χ3n) is 3.37. The smallest absolute Gasteiger partial charge is 0.362 e. The van der Waals surface area contributed by atoms with Crippen LogP contribution in [0.15, 0.2) is 49.8 Å². The molecule has 2 heterocycles. The maximum Gasteiger partial charge on any atom is 0.362 e. The number of aliphatic hydroxyl groups excluding tert-OH is 1. The average Bonchev–Trinajstić information content (AvgIpc) is 3.09. The molecule has 3 aromatic rings. The monoisotopic (exact) mass is 363 g/mol. The van der Waals surface area contributed by atoms with Crippen molar-refractivity contribution in [1.82, 2.24) is 4.98 Å². The first kappa shape index (κ1) is 16.4. The van der Waals surface area contributed by atoms with Gasteiger partial charge in [0.1, 0.15) is 11.3 Å². The highest BCUT2D eigenvalue weighted by atomic mass is 32.2. The molecule has 0 aliphatic carbocycles. The molecule has 6 nitrogen and oxygen atoms in total. The number of rotatable bonds is 4. The first-order chi connectivity index (χ1) is 11.4. The fourth-order valence-electron chi connectivity index (χ4n) is 2.07. The second kappa shape index (κ2) is 6.21. The van der Waals surface area contributed by atoms with E-state index in [1.54, 1.807) is 24.4 Å². The van der Waals surface area contributed by atoms with Gasteiger partial charge in [-0.2, -0.15) is 0 Å². The lowest BCUT2D eigenvalue weighted by molar-refractivity contribution is 0.516. The molecule has 0 unspecified atom stereocenters. The van der Waals surface area contributed by atoms with Gasteiger partial charge >= 0.3 is 5.63 Å². The van der Waals surface area contributed by atoms with Gasteiger partial charge in [-0.3, -0.25) is 0 Å². The molecule has 1 N–H and O–H groups in total. The molecule has 0 fully saturated rings. The molecule has 24 heavy (non-hydrogen) atoms. The lowest BCUT2D eigenvalue weighted by Gasteiger charge is -2.03. The number of benzene rings is 1. The minimum Gasteiger partial charge on any atom is -0.506 e. The fourth-order valence-corrected chi connectivity index (χ4v) is 3.62. The molecule has 2 aromatic heterocycles. The minimum atomic E-state index is -3.39. The van der Waals surface area contributed by atoms with Crippen LogP contribution in [-0.4, -0.2) is 24.3 Å². The lowest BCUT2D eigenvalue weighted by atomic mass is 10.3. The molecule has 0 aliphatic rings. The van der Waals surface area contributed by atoms with Gasteiger partial charge in [0, 0.05) is 6.08 Å². The van der Waals surface area contributed by atoms with Crippen LogP contribution in [0.3, 0.4) is 0 Å². The molecule has 0 saturated heterocycles. The highest BCUT2D eigenvalue weighted by Gasteiger charge is 2.14. The van der Waals surface area contributed by atoms with E-state index in [4.69, 9.17) is 4.42 Å². The molecule has 0 aliphatic heterocycles. The summed E-state index contributed by atoms with van der Waals surface area (Å²) in [6.07, 6.45) is 1.21. The first-order valence-corrected chi connectivity index (χ1v) is 9.56. The molecule has 0 radical (unpaired) electrons. The van der Waals surface area contributed by atoms with Crippen LogP contribution in [0.5, 0.6) is 0 Å². The van der Waals surface area contributed by atoms with Crippen LogP contribution in [0.2, 0.25) is 0 Å². The van der Waals surface area contributed by atoms with E-state index in [2.05, 4.69) is 4.98 Å². The van der Waals surface area contributed by atoms with Crippen molar-refractivity contribution in [3.8, 4) is 0 Å². The van der Waals surface area contributed by atoms with E-state index in [-0.39, 0.29) is 33.2 Å². The second-order valence-electron chi connectivity index (χ2n) is 4.93. The van der Waals surface area contributed by atoms with E-state index in [9.17, 15) is 18.3 Å². The van der Waals surface area contributed by atoms with Gasteiger partial charge in [-0.15, -0.1) is 11.3 Å². The van der Waals surface area contributed by atoms with E-state index in [1.165, 1.54) is 35.6 Å². The molecule has 0 saturated carbocycles. The van der Waals surface area contributed by atoms with Crippen LogP contribution in [0.4, 0.5) is 0 Å². The zero-order chi connectivity index (χ0) is 17.3. The van der Waals surface area contributed by atoms with Crippen LogP contribution in [0.25, 0.3) is 22.9 Å². The molecular formula is C16H13NO5S2. The van der Waals surface area contributed by atoms with Gasteiger partial charge in [-0.1, -0.05) is 13.0 Å². The van der Waals surface area contributed by atoms with Crippen LogP contribution in [-0.2, 0) is 9.84 Å². The largest absolute Gasteiger partial charge is 0.506 e. The molecular weight excluding hydrogens is 350 g/mol. The number of aromatic nitrogens is 1. The van der Waals surface area contributed by atoms with Gasteiger partial charge < -0.3 is 9.52 Å². The van der Waals surface area contributed by atoms with Crippen LogP contribution < -0.4 is 5.63 Å². The standard InChI is InChI=1S/C16H13NO5S2/c1-2-24(20,21)10-5-6-14-11(8-10)17-12(16(19)22-14)9-13(18)15-4-3-7-23-15/h3-9,18H,2H2,1H3. The summed E-state index contributed by atoms with van der Waals surface area (Å²) in [5, 5.41) is 11.8. The summed E-state index contributed by atoms with van der Waals surface area (Å²) >= 11 is 1.31. The van der Waals surface area contributed by atoms with Crippen molar-refractivity contribution in [2.24, 2.45) is 0 Å². The van der Waals surface area contributed by atoms with Crippen LogP contribution >= 0.6 is 11.3 Å². The van der Waals surface area contributed by atoms with Gasteiger partial charge in [0.25, 0.3) is 0 Å². The summed E-state index contributed by atoms with van der Waals surface area (Å²) in [5.41, 5.74) is -0.395.